The number of para-hydroxylation sites is 1. The molecule has 6 heteroatoms. The van der Waals surface area contributed by atoms with Crippen molar-refractivity contribution < 1.29 is 13.6 Å². The van der Waals surface area contributed by atoms with Gasteiger partial charge in [-0.3, -0.25) is 4.79 Å². The van der Waals surface area contributed by atoms with E-state index in [2.05, 4.69) is 5.32 Å². The molecule has 0 fully saturated rings. The number of carbonyl (C=O) groups is 1. The van der Waals surface area contributed by atoms with Crippen molar-refractivity contribution in [3.05, 3.63) is 88.8 Å². The van der Waals surface area contributed by atoms with Gasteiger partial charge in [0.25, 0.3) is 5.91 Å². The molecular formula is C22H17F2N3O. The third kappa shape index (κ3) is 3.84. The second-order valence-corrected chi connectivity index (χ2v) is 6.25. The van der Waals surface area contributed by atoms with Gasteiger partial charge in [0.1, 0.15) is 23.3 Å². The number of nitrogens with zero attached hydrogens (tertiary/aromatic N) is 2. The number of rotatable bonds is 4. The Morgan fingerprint density at radius 1 is 1.11 bits per heavy atom. The summed E-state index contributed by atoms with van der Waals surface area (Å²) in [5.41, 5.74) is 2.68. The first kappa shape index (κ1) is 19.1. The zero-order valence-corrected chi connectivity index (χ0v) is 15.3. The Labute approximate surface area is 161 Å². The lowest BCUT2D eigenvalue weighted by atomic mass is 10.1. The first-order valence-corrected chi connectivity index (χ1v) is 8.53. The monoisotopic (exact) mass is 377 g/mol. The lowest BCUT2D eigenvalue weighted by molar-refractivity contribution is -0.112. The largest absolute Gasteiger partial charge is 0.319 e. The number of halogens is 2. The van der Waals surface area contributed by atoms with Crippen molar-refractivity contribution >= 4 is 17.7 Å². The smallest absolute Gasteiger partial charge is 0.266 e. The van der Waals surface area contributed by atoms with E-state index in [0.29, 0.717) is 11.3 Å². The lowest BCUT2D eigenvalue weighted by Gasteiger charge is -2.09. The zero-order chi connectivity index (χ0) is 20.3. The number of benzene rings is 2. The molecule has 0 aliphatic heterocycles. The summed E-state index contributed by atoms with van der Waals surface area (Å²) in [5, 5.41) is 11.8. The molecule has 0 radical (unpaired) electrons. The molecule has 4 nitrogen and oxygen atoms in total. The maximum absolute atomic E-state index is 13.7. The third-order valence-electron chi connectivity index (χ3n) is 4.32. The van der Waals surface area contributed by atoms with Crippen molar-refractivity contribution in [2.24, 2.45) is 0 Å². The van der Waals surface area contributed by atoms with Crippen LogP contribution in [0.15, 0.2) is 60.2 Å². The molecule has 0 saturated heterocycles. The van der Waals surface area contributed by atoms with Crippen LogP contribution in [0.1, 0.15) is 17.0 Å². The predicted molar refractivity (Wildman–Crippen MR) is 104 cm³/mol. The second kappa shape index (κ2) is 7.89. The summed E-state index contributed by atoms with van der Waals surface area (Å²) in [5.74, 6) is -1.65. The van der Waals surface area contributed by atoms with Crippen molar-refractivity contribution in [3.8, 4) is 11.8 Å². The van der Waals surface area contributed by atoms with Gasteiger partial charge in [-0.25, -0.2) is 8.78 Å². The molecule has 28 heavy (non-hydrogen) atoms. The van der Waals surface area contributed by atoms with Crippen LogP contribution in [-0.4, -0.2) is 10.5 Å². The number of hydrogen-bond donors (Lipinski definition) is 1. The highest BCUT2D eigenvalue weighted by atomic mass is 19.1. The van der Waals surface area contributed by atoms with Gasteiger partial charge in [0.05, 0.1) is 5.69 Å². The molecule has 0 atom stereocenters. The highest BCUT2D eigenvalue weighted by Crippen LogP contribution is 2.24. The highest BCUT2D eigenvalue weighted by Gasteiger charge is 2.15. The summed E-state index contributed by atoms with van der Waals surface area (Å²) in [7, 11) is 0. The minimum absolute atomic E-state index is 0.00103. The minimum Gasteiger partial charge on any atom is -0.319 e. The minimum atomic E-state index is -0.705. The summed E-state index contributed by atoms with van der Waals surface area (Å²) in [6.07, 6.45) is 1.44. The fourth-order valence-electron chi connectivity index (χ4n) is 3.00. The van der Waals surface area contributed by atoms with Crippen LogP contribution >= 0.6 is 0 Å². The van der Waals surface area contributed by atoms with Crippen LogP contribution in [0.25, 0.3) is 11.8 Å². The van der Waals surface area contributed by atoms with Crippen molar-refractivity contribution in [1.82, 2.24) is 4.57 Å². The summed E-state index contributed by atoms with van der Waals surface area (Å²) >= 11 is 0. The molecule has 1 heterocycles. The Bertz CT molecular complexity index is 1120. The number of nitriles is 1. The summed E-state index contributed by atoms with van der Waals surface area (Å²) < 4.78 is 29.1. The van der Waals surface area contributed by atoms with E-state index in [-0.39, 0.29) is 17.1 Å². The predicted octanol–water partition coefficient (Wildman–Crippen LogP) is 4.92. The van der Waals surface area contributed by atoms with Gasteiger partial charge in [0.2, 0.25) is 0 Å². The van der Waals surface area contributed by atoms with Gasteiger partial charge in [0, 0.05) is 17.1 Å². The molecule has 0 unspecified atom stereocenters. The molecule has 0 spiro atoms. The van der Waals surface area contributed by atoms with Gasteiger partial charge in [-0.15, -0.1) is 0 Å². The van der Waals surface area contributed by atoms with Gasteiger partial charge < -0.3 is 9.88 Å². The van der Waals surface area contributed by atoms with E-state index in [1.54, 1.807) is 24.3 Å². The van der Waals surface area contributed by atoms with Crippen LogP contribution in [0.2, 0.25) is 0 Å². The fourth-order valence-corrected chi connectivity index (χ4v) is 3.00. The van der Waals surface area contributed by atoms with E-state index in [1.807, 2.05) is 24.5 Å². The van der Waals surface area contributed by atoms with Gasteiger partial charge in [-0.05, 0) is 61.9 Å². The van der Waals surface area contributed by atoms with Gasteiger partial charge in [0.15, 0.2) is 0 Å². The maximum Gasteiger partial charge on any atom is 0.266 e. The number of carbonyl (C=O) groups excluding carboxylic acids is 1. The molecule has 3 aromatic rings. The van der Waals surface area contributed by atoms with Crippen LogP contribution in [0.5, 0.6) is 0 Å². The third-order valence-corrected chi connectivity index (χ3v) is 4.32. The number of aromatic nitrogens is 1. The van der Waals surface area contributed by atoms with E-state index in [4.69, 9.17) is 0 Å². The van der Waals surface area contributed by atoms with E-state index in [0.717, 1.165) is 11.4 Å². The van der Waals surface area contributed by atoms with Crippen LogP contribution in [0, 0.1) is 36.8 Å². The average molecular weight is 377 g/mol. The summed E-state index contributed by atoms with van der Waals surface area (Å²) in [6.45, 7) is 3.66. The number of amides is 1. The van der Waals surface area contributed by atoms with Gasteiger partial charge in [-0.2, -0.15) is 5.26 Å². The molecule has 0 aliphatic carbocycles. The molecule has 0 aliphatic rings. The Hall–Kier alpha value is -3.72. The lowest BCUT2D eigenvalue weighted by Crippen LogP contribution is -2.14. The van der Waals surface area contributed by atoms with Crippen LogP contribution in [0.3, 0.4) is 0 Å². The maximum atomic E-state index is 13.7. The Balaban J connectivity index is 1.95. The molecule has 0 bridgehead atoms. The molecule has 140 valence electrons. The van der Waals surface area contributed by atoms with Gasteiger partial charge in [-0.1, -0.05) is 18.2 Å². The molecule has 3 rings (SSSR count). The Kier molecular flexibility index (Phi) is 5.37. The normalized spacial score (nSPS) is 11.2. The SMILES string of the molecule is Cc1cc(/C=C(/C#N)C(=O)Nc2ccccc2F)c(C)n1-c1cccc(F)c1. The standard InChI is InChI=1S/C22H17F2N3O/c1-14-10-16(15(2)27(14)19-7-5-6-18(23)12-19)11-17(13-25)22(28)26-21-9-4-3-8-20(21)24/h3-12H,1-2H3,(H,26,28)/b17-11-. The topological polar surface area (TPSA) is 57.8 Å². The van der Waals surface area contributed by atoms with E-state index < -0.39 is 11.7 Å². The van der Waals surface area contributed by atoms with E-state index in [1.165, 1.54) is 36.4 Å². The van der Waals surface area contributed by atoms with Crippen molar-refractivity contribution in [2.75, 3.05) is 5.32 Å². The van der Waals surface area contributed by atoms with Gasteiger partial charge >= 0.3 is 0 Å². The number of hydrogen-bond acceptors (Lipinski definition) is 2. The number of anilines is 1. The average Bonchev–Trinajstić information content (AvgIpc) is 2.94. The molecule has 1 N–H and O–H groups in total. The second-order valence-electron chi connectivity index (χ2n) is 6.25. The first-order chi connectivity index (χ1) is 13.4. The Morgan fingerprint density at radius 2 is 1.86 bits per heavy atom. The Morgan fingerprint density at radius 3 is 2.54 bits per heavy atom. The van der Waals surface area contributed by atoms with Crippen LogP contribution in [0.4, 0.5) is 14.5 Å². The van der Waals surface area contributed by atoms with Crippen molar-refractivity contribution in [2.45, 2.75) is 13.8 Å². The van der Waals surface area contributed by atoms with Crippen LogP contribution in [-0.2, 0) is 4.79 Å². The molecular weight excluding hydrogens is 360 g/mol. The van der Waals surface area contributed by atoms with Crippen molar-refractivity contribution in [3.63, 3.8) is 0 Å². The number of aryl methyl sites for hydroxylation is 1. The van der Waals surface area contributed by atoms with Crippen LogP contribution < -0.4 is 5.32 Å². The van der Waals surface area contributed by atoms with Crippen molar-refractivity contribution in [1.29, 1.82) is 5.26 Å². The summed E-state index contributed by atoms with van der Waals surface area (Å²) in [6, 6.07) is 15.5. The number of nitrogens with one attached hydrogen (secondary N) is 1. The molecule has 0 saturated carbocycles. The first-order valence-electron chi connectivity index (χ1n) is 8.53. The summed E-state index contributed by atoms with van der Waals surface area (Å²) in [4.78, 5) is 12.4. The van der Waals surface area contributed by atoms with E-state index >= 15 is 0 Å². The highest BCUT2D eigenvalue weighted by molar-refractivity contribution is 6.09. The quantitative estimate of drug-likeness (QED) is 0.518. The fraction of sp³-hybridized carbons (Fsp3) is 0.0909. The van der Waals surface area contributed by atoms with E-state index in [9.17, 15) is 18.8 Å². The zero-order valence-electron chi connectivity index (χ0n) is 15.3. The molecule has 2 aromatic carbocycles. The molecule has 1 amide bonds. The molecule has 1 aromatic heterocycles.